The van der Waals surface area contributed by atoms with Gasteiger partial charge in [0.05, 0.1) is 0 Å². The quantitative estimate of drug-likeness (QED) is 0.856. The summed E-state index contributed by atoms with van der Waals surface area (Å²) in [6, 6.07) is 8.49. The molecule has 17 heavy (non-hydrogen) atoms. The Kier molecular flexibility index (Phi) is 4.11. The van der Waals surface area contributed by atoms with Crippen molar-refractivity contribution in [2.24, 2.45) is 10.9 Å². The standard InChI is InChI=1S/C14H20N2S/c1-10(2)12-6-4-5-7-13(12)16-14-15-8-11(3)9-17-14/h4-7,10-11H,8-9H2,1-3H3,(H,15,16). The van der Waals surface area contributed by atoms with Gasteiger partial charge in [-0.05, 0) is 23.5 Å². The maximum Gasteiger partial charge on any atom is 0.161 e. The Bertz CT molecular complexity index is 412. The second-order valence-electron chi connectivity index (χ2n) is 4.93. The molecule has 0 amide bonds. The highest BCUT2D eigenvalue weighted by Gasteiger charge is 2.13. The predicted octanol–water partition coefficient (Wildman–Crippen LogP) is 3.96. The van der Waals surface area contributed by atoms with Crippen LogP contribution in [0.25, 0.3) is 0 Å². The lowest BCUT2D eigenvalue weighted by Crippen LogP contribution is -2.19. The Morgan fingerprint density at radius 2 is 2.12 bits per heavy atom. The van der Waals surface area contributed by atoms with E-state index in [1.807, 2.05) is 11.8 Å². The van der Waals surface area contributed by atoms with Gasteiger partial charge in [-0.2, -0.15) is 0 Å². The molecule has 3 heteroatoms. The molecule has 1 aromatic rings. The topological polar surface area (TPSA) is 24.4 Å². The molecule has 1 N–H and O–H groups in total. The molecule has 1 atom stereocenters. The summed E-state index contributed by atoms with van der Waals surface area (Å²) in [5, 5.41) is 4.53. The van der Waals surface area contributed by atoms with Gasteiger partial charge in [0, 0.05) is 18.0 Å². The van der Waals surface area contributed by atoms with Crippen LogP contribution in [0.15, 0.2) is 29.3 Å². The van der Waals surface area contributed by atoms with Crippen LogP contribution in [0.1, 0.15) is 32.3 Å². The highest BCUT2D eigenvalue weighted by atomic mass is 32.2. The third-order valence-electron chi connectivity index (χ3n) is 2.88. The van der Waals surface area contributed by atoms with Gasteiger partial charge in [0.1, 0.15) is 0 Å². The van der Waals surface area contributed by atoms with Crippen LogP contribution in [0.4, 0.5) is 5.69 Å². The first-order valence-electron chi connectivity index (χ1n) is 6.20. The first kappa shape index (κ1) is 12.5. The zero-order valence-electron chi connectivity index (χ0n) is 10.7. The van der Waals surface area contributed by atoms with Gasteiger partial charge in [-0.25, -0.2) is 0 Å². The molecule has 92 valence electrons. The largest absolute Gasteiger partial charge is 0.335 e. The van der Waals surface area contributed by atoms with Crippen LogP contribution in [-0.2, 0) is 0 Å². The molecule has 2 nitrogen and oxygen atoms in total. The third kappa shape index (κ3) is 3.25. The monoisotopic (exact) mass is 248 g/mol. The fourth-order valence-electron chi connectivity index (χ4n) is 1.86. The first-order valence-corrected chi connectivity index (χ1v) is 7.18. The number of aliphatic imine (C=N–C) groups is 1. The number of benzene rings is 1. The van der Waals surface area contributed by atoms with E-state index < -0.39 is 0 Å². The fourth-order valence-corrected chi connectivity index (χ4v) is 2.76. The molecule has 1 heterocycles. The molecule has 1 aromatic carbocycles. The lowest BCUT2D eigenvalue weighted by molar-refractivity contribution is 0.674. The number of para-hydroxylation sites is 1. The van der Waals surface area contributed by atoms with Gasteiger partial charge in [0.15, 0.2) is 5.17 Å². The first-order chi connectivity index (χ1) is 8.16. The van der Waals surface area contributed by atoms with Crippen molar-refractivity contribution in [3.63, 3.8) is 0 Å². The van der Waals surface area contributed by atoms with E-state index in [9.17, 15) is 0 Å². The Morgan fingerprint density at radius 1 is 1.35 bits per heavy atom. The number of hydrogen-bond acceptors (Lipinski definition) is 3. The molecule has 1 aliphatic heterocycles. The minimum atomic E-state index is 0.534. The van der Waals surface area contributed by atoms with E-state index in [1.54, 1.807) is 0 Å². The van der Waals surface area contributed by atoms with Crippen molar-refractivity contribution in [1.82, 2.24) is 0 Å². The van der Waals surface area contributed by atoms with E-state index in [-0.39, 0.29) is 0 Å². The normalized spacial score (nSPS) is 20.2. The van der Waals surface area contributed by atoms with E-state index >= 15 is 0 Å². The Hall–Kier alpha value is -0.960. The highest BCUT2D eigenvalue weighted by molar-refractivity contribution is 8.14. The van der Waals surface area contributed by atoms with Gasteiger partial charge < -0.3 is 5.32 Å². The molecule has 0 bridgehead atoms. The van der Waals surface area contributed by atoms with E-state index in [2.05, 4.69) is 55.3 Å². The van der Waals surface area contributed by atoms with Crippen LogP contribution in [-0.4, -0.2) is 17.5 Å². The summed E-state index contributed by atoms with van der Waals surface area (Å²) in [4.78, 5) is 4.57. The minimum Gasteiger partial charge on any atom is -0.335 e. The smallest absolute Gasteiger partial charge is 0.161 e. The Morgan fingerprint density at radius 3 is 2.76 bits per heavy atom. The summed E-state index contributed by atoms with van der Waals surface area (Å²) in [5.74, 6) is 2.40. The zero-order chi connectivity index (χ0) is 12.3. The summed E-state index contributed by atoms with van der Waals surface area (Å²) in [5.41, 5.74) is 2.55. The Balaban J connectivity index is 2.13. The van der Waals surface area contributed by atoms with Crippen LogP contribution in [0.3, 0.4) is 0 Å². The van der Waals surface area contributed by atoms with Crippen LogP contribution in [0, 0.1) is 5.92 Å². The number of anilines is 1. The zero-order valence-corrected chi connectivity index (χ0v) is 11.6. The van der Waals surface area contributed by atoms with Gasteiger partial charge >= 0.3 is 0 Å². The summed E-state index contributed by atoms with van der Waals surface area (Å²) < 4.78 is 0. The predicted molar refractivity (Wildman–Crippen MR) is 78.1 cm³/mol. The van der Waals surface area contributed by atoms with Crippen molar-refractivity contribution in [3.05, 3.63) is 29.8 Å². The van der Waals surface area contributed by atoms with Gasteiger partial charge in [-0.3, -0.25) is 4.99 Å². The SMILES string of the molecule is CC1CN=C(Nc2ccccc2C(C)C)SC1. The molecule has 0 saturated heterocycles. The summed E-state index contributed by atoms with van der Waals surface area (Å²) in [7, 11) is 0. The molecule has 0 fully saturated rings. The molecule has 0 aliphatic carbocycles. The van der Waals surface area contributed by atoms with E-state index in [1.165, 1.54) is 11.3 Å². The molecule has 1 unspecified atom stereocenters. The van der Waals surface area contributed by atoms with Crippen molar-refractivity contribution < 1.29 is 0 Å². The average molecular weight is 248 g/mol. The van der Waals surface area contributed by atoms with Crippen molar-refractivity contribution >= 4 is 22.6 Å². The van der Waals surface area contributed by atoms with Crippen molar-refractivity contribution in [2.75, 3.05) is 17.6 Å². The number of nitrogens with one attached hydrogen (secondary N) is 1. The van der Waals surface area contributed by atoms with Crippen LogP contribution in [0.2, 0.25) is 0 Å². The number of thioether (sulfide) groups is 1. The maximum absolute atomic E-state index is 4.57. The second kappa shape index (κ2) is 5.58. The number of nitrogens with zero attached hydrogens (tertiary/aromatic N) is 1. The van der Waals surface area contributed by atoms with Gasteiger partial charge in [-0.15, -0.1) is 0 Å². The molecule has 0 spiro atoms. The van der Waals surface area contributed by atoms with Gasteiger partial charge in [-0.1, -0.05) is 50.7 Å². The average Bonchev–Trinajstić information content (AvgIpc) is 2.32. The van der Waals surface area contributed by atoms with Gasteiger partial charge in [0.2, 0.25) is 0 Å². The number of hydrogen-bond donors (Lipinski definition) is 1. The van der Waals surface area contributed by atoms with Crippen LogP contribution < -0.4 is 5.32 Å². The third-order valence-corrected chi connectivity index (χ3v) is 4.12. The van der Waals surface area contributed by atoms with Crippen LogP contribution >= 0.6 is 11.8 Å². The van der Waals surface area contributed by atoms with Crippen molar-refractivity contribution in [3.8, 4) is 0 Å². The summed E-state index contributed by atoms with van der Waals surface area (Å²) in [6.07, 6.45) is 0. The van der Waals surface area contributed by atoms with Crippen LogP contribution in [0.5, 0.6) is 0 Å². The Labute approximate surface area is 108 Å². The molecular formula is C14H20N2S. The summed E-state index contributed by atoms with van der Waals surface area (Å²) >= 11 is 1.83. The van der Waals surface area contributed by atoms with E-state index in [0.29, 0.717) is 11.8 Å². The molecule has 0 radical (unpaired) electrons. The summed E-state index contributed by atoms with van der Waals surface area (Å²) in [6.45, 7) is 7.63. The lowest BCUT2D eigenvalue weighted by atomic mass is 10.0. The van der Waals surface area contributed by atoms with E-state index in [4.69, 9.17) is 0 Å². The molecule has 1 aliphatic rings. The second-order valence-corrected chi connectivity index (χ2v) is 5.94. The molecule has 0 saturated carbocycles. The highest BCUT2D eigenvalue weighted by Crippen LogP contribution is 2.26. The number of rotatable bonds is 2. The minimum absolute atomic E-state index is 0.534. The van der Waals surface area contributed by atoms with Crippen molar-refractivity contribution in [1.29, 1.82) is 0 Å². The molecule has 2 rings (SSSR count). The fraction of sp³-hybridized carbons (Fsp3) is 0.500. The molecular weight excluding hydrogens is 228 g/mol. The lowest BCUT2D eigenvalue weighted by Gasteiger charge is -2.20. The maximum atomic E-state index is 4.57. The number of amidine groups is 1. The molecule has 0 aromatic heterocycles. The van der Waals surface area contributed by atoms with Crippen molar-refractivity contribution in [2.45, 2.75) is 26.7 Å². The van der Waals surface area contributed by atoms with E-state index in [0.717, 1.165) is 17.5 Å². The van der Waals surface area contributed by atoms with Gasteiger partial charge in [0.25, 0.3) is 0 Å².